The normalized spacial score (nSPS) is 1.25. The monoisotopic (exact) mass is 358 g/mol. The zero-order valence-corrected chi connectivity index (χ0v) is 6.50. The van der Waals surface area contributed by atoms with E-state index >= 15 is 0 Å². The average Bonchev–Trinajstić information content (AvgIpc) is 1.00. The van der Waals surface area contributed by atoms with Crippen LogP contribution >= 0.6 is 0 Å². The van der Waals surface area contributed by atoms with Crippen LogP contribution in [-0.4, -0.2) is 17.6 Å². The molecule has 0 aromatic carbocycles. The van der Waals surface area contributed by atoms with Crippen LogP contribution in [0, 0.1) is 0 Å². The zero-order chi connectivity index (χ0) is 2.00. The van der Waals surface area contributed by atoms with Crippen molar-refractivity contribution in [3.8, 4) is 0 Å². The molecule has 0 amide bonds. The van der Waals surface area contributed by atoms with Gasteiger partial charge in [0.2, 0.25) is 0 Å². The van der Waals surface area contributed by atoms with Crippen molar-refractivity contribution in [2.75, 3.05) is 0 Å². The Kier molecular flexibility index (Phi) is 2100. The molecular formula is H2BNiNoSi. The van der Waals surface area contributed by atoms with Crippen molar-refractivity contribution in [2.24, 2.45) is 0 Å². The summed E-state index contributed by atoms with van der Waals surface area (Å²) in [6.07, 6.45) is 0. The second-order valence-electron chi connectivity index (χ2n) is 0. The summed E-state index contributed by atoms with van der Waals surface area (Å²) < 4.78 is 0. The Morgan fingerprint density at radius 2 is 1.25 bits per heavy atom. The first kappa shape index (κ1) is 48.4. The SMILES string of the molecule is [B][SiH2].[Ni].[No]. The summed E-state index contributed by atoms with van der Waals surface area (Å²) in [5.41, 5.74) is 0. The van der Waals surface area contributed by atoms with Crippen LogP contribution in [0.15, 0.2) is 0 Å². The fourth-order valence-corrected chi connectivity index (χ4v) is 0. The molecular weight excluding hydrogens is 357 g/mol. The van der Waals surface area contributed by atoms with E-state index in [0.29, 0.717) is 0 Å². The molecule has 3 radical (unpaired) electrons. The minimum Gasteiger partial charge on any atom is -0.0410 e. The van der Waals surface area contributed by atoms with E-state index in [2.05, 4.69) is 7.44 Å². The number of hydrogen-bond donors (Lipinski definition) is 0. The Morgan fingerprint density at radius 1 is 1.25 bits per heavy atom. The van der Waals surface area contributed by atoms with Crippen LogP contribution in [0.2, 0.25) is 0 Å². The Bertz CT molecular complexity index is 8.00. The van der Waals surface area contributed by atoms with Gasteiger partial charge in [-0.3, -0.25) is 0 Å². The van der Waals surface area contributed by atoms with Crippen molar-refractivity contribution in [1.29, 1.82) is 0 Å². The smallest absolute Gasteiger partial charge is 0.0410 e. The fourth-order valence-electron chi connectivity index (χ4n) is 0. The summed E-state index contributed by atoms with van der Waals surface area (Å²) in [5.74, 6) is 0. The van der Waals surface area contributed by atoms with Crippen molar-refractivity contribution >= 4 is 17.6 Å². The fraction of sp³-hybridized carbons (Fsp3) is 0. The molecule has 0 aliphatic carbocycles. The van der Waals surface area contributed by atoms with Crippen LogP contribution in [0.5, 0.6) is 0 Å². The van der Waals surface area contributed by atoms with E-state index in [1.54, 1.807) is 0 Å². The molecule has 0 saturated carbocycles. The van der Waals surface area contributed by atoms with Gasteiger partial charge in [-0.2, -0.15) is 0 Å². The molecule has 0 aromatic rings. The van der Waals surface area contributed by atoms with Gasteiger partial charge < -0.3 is 0 Å². The van der Waals surface area contributed by atoms with E-state index in [4.69, 9.17) is 0 Å². The maximum atomic E-state index is 4.53. The first-order valence-corrected chi connectivity index (χ1v) is 1.22. The average molecular weight is 359 g/mol. The molecule has 0 saturated heterocycles. The third kappa shape index (κ3) is 21.1. The second kappa shape index (κ2) is 173. The molecule has 0 nitrogen and oxygen atoms in total. The molecule has 0 aliphatic rings. The summed E-state index contributed by atoms with van der Waals surface area (Å²) in [4.78, 5) is 0. The van der Waals surface area contributed by atoms with E-state index in [-0.39, 0.29) is 16.5 Å². The summed E-state index contributed by atoms with van der Waals surface area (Å²) in [5, 5.41) is 0. The van der Waals surface area contributed by atoms with Crippen LogP contribution < -0.4 is 0 Å². The van der Waals surface area contributed by atoms with Gasteiger partial charge in [0.1, 0.15) is 0 Å². The van der Waals surface area contributed by atoms with Gasteiger partial charge >= 0.3 is 0 Å². The van der Waals surface area contributed by atoms with Gasteiger partial charge in [-0.25, -0.2) is 0 Å². The molecule has 0 aromatic heterocycles. The maximum absolute atomic E-state index is 4.53. The molecule has 0 spiro atoms. The number of rotatable bonds is 0. The van der Waals surface area contributed by atoms with E-state index in [0.717, 1.165) is 0 Å². The summed E-state index contributed by atoms with van der Waals surface area (Å²) in [6.45, 7) is 0. The van der Waals surface area contributed by atoms with E-state index < -0.39 is 0 Å². The van der Waals surface area contributed by atoms with E-state index in [1.807, 2.05) is 0 Å². The van der Waals surface area contributed by atoms with Crippen LogP contribution in [0.25, 0.3) is 0 Å². The van der Waals surface area contributed by atoms with Crippen LogP contribution in [0.4, 0.5) is 0 Å². The molecule has 33 valence electrons. The van der Waals surface area contributed by atoms with E-state index in [1.165, 1.54) is 10.1 Å². The van der Waals surface area contributed by atoms with E-state index in [9.17, 15) is 0 Å². The molecule has 4 heteroatoms. The predicted octanol–water partition coefficient (Wildman–Crippen LogP) is -1.30. The molecule has 0 aliphatic heterocycles. The number of hydrogen-bond acceptors (Lipinski definition) is 0. The minimum atomic E-state index is 0. The predicted molar refractivity (Wildman–Crippen MR) is 14.3 cm³/mol. The van der Waals surface area contributed by atoms with Crippen LogP contribution in [-0.2, 0) is 16.5 Å². The van der Waals surface area contributed by atoms with Gasteiger partial charge in [0.25, 0.3) is 0 Å². The molecule has 0 atom stereocenters. The maximum Gasteiger partial charge on any atom is 0.0436 e. The Balaban J connectivity index is -0.00000000500. The molecule has 0 N–H and O–H groups in total. The van der Waals surface area contributed by atoms with Gasteiger partial charge in [0.15, 0.2) is 0 Å². The van der Waals surface area contributed by atoms with Gasteiger partial charge in [-0.05, 0) is 10.1 Å². The Morgan fingerprint density at radius 3 is 1.25 bits per heavy atom. The topological polar surface area (TPSA) is 0 Å². The molecule has 0 rings (SSSR count). The summed E-state index contributed by atoms with van der Waals surface area (Å²) in [7, 11) is 5.89. The first-order chi connectivity index (χ1) is 1.00. The largest absolute Gasteiger partial charge is 0.0436 e. The Labute approximate surface area is 34.7 Å². The quantitative estimate of drug-likeness (QED) is 0.472. The van der Waals surface area contributed by atoms with Crippen LogP contribution in [0.3, 0.4) is 0 Å². The van der Waals surface area contributed by atoms with Crippen molar-refractivity contribution in [2.45, 2.75) is 0 Å². The van der Waals surface area contributed by atoms with Gasteiger partial charge in [-0.1, -0.05) is 0 Å². The third-order valence-electron chi connectivity index (χ3n) is 0. The molecule has 4 heavy (non-hydrogen) atoms. The summed E-state index contributed by atoms with van der Waals surface area (Å²) in [6, 6.07) is 0. The van der Waals surface area contributed by atoms with Crippen LogP contribution in [0.1, 0.15) is 0 Å². The third-order valence-corrected chi connectivity index (χ3v) is 0. The first-order valence-electron chi connectivity index (χ1n) is 0.408. The van der Waals surface area contributed by atoms with Gasteiger partial charge in [0, 0.05) is 23.9 Å². The van der Waals surface area contributed by atoms with Gasteiger partial charge in [-0.15, -0.1) is 0 Å². The van der Waals surface area contributed by atoms with Crippen molar-refractivity contribution in [1.82, 2.24) is 0 Å². The molecule has 0 unspecified atom stereocenters. The zero-order valence-electron chi connectivity index (χ0n) is 1.87. The minimum absolute atomic E-state index is 0. The summed E-state index contributed by atoms with van der Waals surface area (Å²) >= 11 is 0. The van der Waals surface area contributed by atoms with Crippen molar-refractivity contribution in [3.63, 3.8) is 0 Å². The van der Waals surface area contributed by atoms with Gasteiger partial charge in [0.05, 0.1) is 0 Å². The Hall–Kier alpha value is -0.225. The van der Waals surface area contributed by atoms with Crippen molar-refractivity contribution in [3.05, 3.63) is 0 Å². The second-order valence-corrected chi connectivity index (χ2v) is 0. The van der Waals surface area contributed by atoms with Crippen molar-refractivity contribution < 1.29 is 16.5 Å². The standard InChI is InChI=1S/BH2Si.Ni.No/c1-2;;/h2H2;;. The molecule has 0 fully saturated rings. The molecule has 0 heterocycles. The molecule has 0 bridgehead atoms.